The number of benzene rings is 6. The molecule has 1 aliphatic carbocycles. The number of carboxylic acids is 5. The van der Waals surface area contributed by atoms with E-state index >= 15 is 0 Å². The van der Waals surface area contributed by atoms with Crippen molar-refractivity contribution in [3.05, 3.63) is 194 Å². The molecule has 0 spiro atoms. The molecule has 11 N–H and O–H groups in total. The lowest BCUT2D eigenvalue weighted by molar-refractivity contribution is -0.168. The maximum Gasteiger partial charge on any atom is 0.349 e. The van der Waals surface area contributed by atoms with Gasteiger partial charge in [-0.1, -0.05) is 129 Å². The lowest BCUT2D eigenvalue weighted by atomic mass is 9.73. The van der Waals surface area contributed by atoms with Crippen LogP contribution in [0.4, 0.5) is 4.39 Å². The number of carbonyl (C=O) groups is 6. The Balaban J connectivity index is 0.000000232. The van der Waals surface area contributed by atoms with Crippen LogP contribution < -0.4 is 9.47 Å². The third-order valence-electron chi connectivity index (χ3n) is 21.1. The molecule has 3 aliphatic rings. The minimum atomic E-state index is -2.45. The van der Waals surface area contributed by atoms with Gasteiger partial charge in [0.2, 0.25) is 0 Å². The number of hydrogen-bond donors (Lipinski definition) is 11. The number of thiazole rings is 1. The third-order valence-corrected chi connectivity index (χ3v) is 23.1. The summed E-state index contributed by atoms with van der Waals surface area (Å²) >= 11 is 13.5. The summed E-state index contributed by atoms with van der Waals surface area (Å²) in [6.45, 7) is 17.6. The molecule has 1 aromatic heterocycles. The number of aryl methyl sites for hydroxylation is 4. The van der Waals surface area contributed by atoms with Crippen LogP contribution in [0.3, 0.4) is 0 Å². The van der Waals surface area contributed by atoms with Gasteiger partial charge in [0, 0.05) is 32.8 Å². The molecule has 26 heteroatoms. The Kier molecular flexibility index (Phi) is 39.0. The Morgan fingerprint density at radius 1 is 0.658 bits per heavy atom. The summed E-state index contributed by atoms with van der Waals surface area (Å²) in [4.78, 5) is 71.5. The first-order valence-electron chi connectivity index (χ1n) is 40.1. The molecule has 0 amide bonds. The molecule has 2 aliphatic heterocycles. The van der Waals surface area contributed by atoms with Gasteiger partial charge in [0.25, 0.3) is 0 Å². The Morgan fingerprint density at radius 3 is 1.89 bits per heavy atom. The van der Waals surface area contributed by atoms with Crippen LogP contribution in [0.2, 0.25) is 10.0 Å². The number of esters is 1. The van der Waals surface area contributed by atoms with Crippen molar-refractivity contribution < 1.29 is 108 Å². The fraction of sp³-hybridized carbons (Fsp3) is 0.505. The first-order chi connectivity index (χ1) is 55.2. The van der Waals surface area contributed by atoms with Crippen LogP contribution in [0.1, 0.15) is 227 Å². The summed E-state index contributed by atoms with van der Waals surface area (Å²) in [5.41, 5.74) is 6.05. The van der Waals surface area contributed by atoms with E-state index in [2.05, 4.69) is 67.4 Å². The van der Waals surface area contributed by atoms with Gasteiger partial charge in [-0.25, -0.2) is 19.0 Å². The van der Waals surface area contributed by atoms with E-state index in [4.69, 9.17) is 67.7 Å². The summed E-state index contributed by atoms with van der Waals surface area (Å²) in [6, 6.07) is 43.9. The van der Waals surface area contributed by atoms with E-state index in [1.807, 2.05) is 56.3 Å². The number of rotatable bonds is 40. The quantitative estimate of drug-likeness (QED) is 0.0125. The molecule has 10 rings (SSSR count). The summed E-state index contributed by atoms with van der Waals surface area (Å²) < 4.78 is 35.6. The van der Waals surface area contributed by atoms with Crippen LogP contribution in [-0.4, -0.2) is 164 Å². The number of carboxylic acid groups (broad SMARTS) is 5. The molecule has 10 atom stereocenters. The number of ether oxygens (including phenoxy) is 4. The van der Waals surface area contributed by atoms with E-state index in [0.29, 0.717) is 85.5 Å². The summed E-state index contributed by atoms with van der Waals surface area (Å²) in [7, 11) is 0. The highest BCUT2D eigenvalue weighted by atomic mass is 35.5. The van der Waals surface area contributed by atoms with Crippen LogP contribution in [-0.2, 0) is 51.1 Å². The van der Waals surface area contributed by atoms with Crippen LogP contribution >= 0.6 is 34.5 Å². The number of carbonyl (C=O) groups excluding carboxylic acids is 1. The molecule has 22 nitrogen and oxygen atoms in total. The molecule has 7 aromatic rings. The predicted molar refractivity (Wildman–Crippen MR) is 449 cm³/mol. The first kappa shape index (κ1) is 97.4. The van der Waals surface area contributed by atoms with Crippen molar-refractivity contribution in [3.8, 4) is 33.2 Å². The van der Waals surface area contributed by atoms with E-state index in [9.17, 15) is 63.8 Å². The van der Waals surface area contributed by atoms with Gasteiger partial charge in [-0.15, -0.1) is 11.3 Å². The van der Waals surface area contributed by atoms with Crippen molar-refractivity contribution in [2.24, 2.45) is 11.3 Å². The molecule has 2 saturated heterocycles. The van der Waals surface area contributed by atoms with Gasteiger partial charge in [-0.05, 0) is 262 Å². The van der Waals surface area contributed by atoms with Gasteiger partial charge in [0.1, 0.15) is 22.3 Å². The second kappa shape index (κ2) is 46.8. The number of aromatic nitrogens is 1. The van der Waals surface area contributed by atoms with Crippen molar-refractivity contribution >= 4 is 70.4 Å². The lowest BCUT2D eigenvalue weighted by Gasteiger charge is -2.34. The summed E-state index contributed by atoms with van der Waals surface area (Å²) in [5, 5.41) is 106. The van der Waals surface area contributed by atoms with Crippen molar-refractivity contribution in [2.45, 2.75) is 269 Å². The zero-order chi connectivity index (χ0) is 86.4. The number of nitrogens with zero attached hydrogens (tertiary/aromatic N) is 1. The second-order valence-corrected chi connectivity index (χ2v) is 34.0. The number of aliphatic hydroxyl groups is 6. The molecular formula is C91H118Cl2FNO21S. The topological polar surface area (TPSA) is 375 Å². The number of unbranched alkanes of at least 4 members (excludes halogenated alkanes) is 2. The van der Waals surface area contributed by atoms with E-state index in [0.717, 1.165) is 96.7 Å². The summed E-state index contributed by atoms with van der Waals surface area (Å²) in [6.07, 6.45) is 6.42. The van der Waals surface area contributed by atoms with Gasteiger partial charge >= 0.3 is 35.8 Å². The molecule has 0 radical (unpaired) electrons. The van der Waals surface area contributed by atoms with Gasteiger partial charge in [-0.2, -0.15) is 0 Å². The van der Waals surface area contributed by atoms with Crippen molar-refractivity contribution in [1.82, 2.24) is 4.98 Å². The van der Waals surface area contributed by atoms with Gasteiger partial charge in [0.05, 0.1) is 85.8 Å². The minimum Gasteiger partial charge on any atom is -0.493 e. The largest absolute Gasteiger partial charge is 0.493 e. The number of halogens is 3. The second-order valence-electron chi connectivity index (χ2n) is 32.1. The van der Waals surface area contributed by atoms with Crippen molar-refractivity contribution in [3.63, 3.8) is 0 Å². The van der Waals surface area contributed by atoms with Crippen LogP contribution in [0.5, 0.6) is 11.5 Å². The first-order valence-corrected chi connectivity index (χ1v) is 41.7. The molecule has 3 heterocycles. The molecule has 6 aromatic carbocycles. The van der Waals surface area contributed by atoms with E-state index in [-0.39, 0.29) is 49.0 Å². The van der Waals surface area contributed by atoms with Crippen molar-refractivity contribution in [1.29, 1.82) is 0 Å². The smallest absolute Gasteiger partial charge is 0.349 e. The normalized spacial score (nSPS) is 17.5. The van der Waals surface area contributed by atoms with E-state index < -0.39 is 89.8 Å². The molecular weight excluding hydrogens is 1560 g/mol. The van der Waals surface area contributed by atoms with Crippen LogP contribution in [0, 0.1) is 31.0 Å². The lowest BCUT2D eigenvalue weighted by Crippen LogP contribution is -2.43. The van der Waals surface area contributed by atoms with Gasteiger partial charge < -0.3 is 75.1 Å². The molecule has 0 saturated carbocycles. The zero-order valence-electron chi connectivity index (χ0n) is 68.4. The van der Waals surface area contributed by atoms with E-state index in [1.165, 1.54) is 45.5 Å². The SMILES string of the molecule is CC(C)c1sc(-c2ccc(F)cc2)nc1CC[C@H](O)C[C@H](O)CC(=O)O.CCOC(=O)C(C)(C)Oc1ccc(Cl)cc1.Cc1ccc(C)c(OCCCC(C)(C)C(=O)O)c1.O=C(O)C[C@@](O)(C[C@H](O)CCCCCC1c2ccccc2-c2cc(Cl)ccc21)C(=O)O.O=C(O)C[C@H](O)C[C@H](O)CC[C@]12CC[C@H](C[C@@H]1CCc1ccccc1)O2. The number of hydrogen-bond acceptors (Lipinski definition) is 18. The molecule has 2 bridgehead atoms. The standard InChI is InChI=1S/C24H27ClO6.C21H30O5.C19H24FNO4S.C15H22O3.C12H15ClO3/c25-15-10-11-20-18(17-8-4-5-9-19(17)21(20)12-15)7-3-1-2-6-16(26)13-24(31,23(29)30)14-22(27)28;22-17(13-18(23)14-20(24)25)8-10-21-11-9-19(26-21)12-16(21)7-6-15-4-2-1-3-5-15;1-11(2)18-16(8-7-14(22)9-15(23)10-17(24)25)21-19(26-18)12-3-5-13(20)6-4-12;1-11-6-7-12(2)13(10-11)18-9-5-8-15(3,4)14(16)17;1-4-15-11(14)12(2,3)16-10-7-5-9(13)6-8-10/h4-5,8-12,16,18,26,31H,1-3,6-7,13-14H2,(H,27,28)(H,29,30);1-5,16-19,22-23H,6-14H2,(H,24,25);3-6,11,14-15,22-23H,7-10H2,1-2H3,(H,24,25);6-7,10H,5,8-9H2,1-4H3,(H,16,17);5-8H,4H2,1-3H3/t16-,18?,24+;16-,17+,18+,19+,21-;14-,15-;;/m100../s1. The highest BCUT2D eigenvalue weighted by Gasteiger charge is 2.52. The maximum atomic E-state index is 13.1. The monoisotopic (exact) mass is 1680 g/mol. The Morgan fingerprint density at radius 2 is 1.28 bits per heavy atom. The average molecular weight is 1680 g/mol. The highest BCUT2D eigenvalue weighted by Crippen LogP contribution is 2.53. The predicted octanol–water partition coefficient (Wildman–Crippen LogP) is 17.6. The minimum absolute atomic E-state index is 0.0261. The molecule has 2 fully saturated rings. The van der Waals surface area contributed by atoms with Gasteiger partial charge in [-0.3, -0.25) is 19.2 Å². The van der Waals surface area contributed by atoms with E-state index in [1.54, 1.807) is 82.4 Å². The van der Waals surface area contributed by atoms with Crippen LogP contribution in [0.25, 0.3) is 21.7 Å². The average Bonchev–Trinajstić information content (AvgIpc) is 1.61. The molecule has 117 heavy (non-hydrogen) atoms. The number of fused-ring (bicyclic) bond motifs is 5. The Labute approximate surface area is 700 Å². The van der Waals surface area contributed by atoms with Crippen LogP contribution in [0.15, 0.2) is 140 Å². The fourth-order valence-corrected chi connectivity index (χ4v) is 16.2. The summed E-state index contributed by atoms with van der Waals surface area (Å²) in [5.74, 6) is -4.06. The number of aliphatic carboxylic acids is 5. The van der Waals surface area contributed by atoms with Gasteiger partial charge in [0.15, 0.2) is 11.2 Å². The molecule has 640 valence electrons. The number of aliphatic hydroxyl groups excluding tert-OH is 5. The zero-order valence-corrected chi connectivity index (χ0v) is 70.8. The highest BCUT2D eigenvalue weighted by molar-refractivity contribution is 7.15. The third kappa shape index (κ3) is 32.0. The maximum absolute atomic E-state index is 13.1. The van der Waals surface area contributed by atoms with Crippen molar-refractivity contribution in [2.75, 3.05) is 13.2 Å². The molecule has 1 unspecified atom stereocenters. The Hall–Kier alpha value is -8.40. The fourth-order valence-electron chi connectivity index (χ4n) is 14.7. The Bertz CT molecular complexity index is 4290.